The van der Waals surface area contributed by atoms with E-state index in [1.807, 2.05) is 6.26 Å². The highest BCUT2D eigenvalue weighted by molar-refractivity contribution is 7.99. The minimum atomic E-state index is -4.34. The number of alkyl halides is 3. The number of hydrogen-bond donors (Lipinski definition) is 0. The largest absolute Gasteiger partial charge is 0.433 e. The minimum Gasteiger partial charge on any atom is -0.251 e. The van der Waals surface area contributed by atoms with Gasteiger partial charge >= 0.3 is 6.18 Å². The van der Waals surface area contributed by atoms with Gasteiger partial charge in [0.15, 0.2) is 0 Å². The van der Waals surface area contributed by atoms with E-state index in [9.17, 15) is 13.2 Å². The Bertz CT molecular complexity index is 354. The van der Waals surface area contributed by atoms with Crippen molar-refractivity contribution in [1.82, 2.24) is 4.98 Å². The van der Waals surface area contributed by atoms with Crippen LogP contribution >= 0.6 is 11.8 Å². The van der Waals surface area contributed by atoms with Crippen LogP contribution < -0.4 is 0 Å². The monoisotopic (exact) mass is 233 g/mol. The van der Waals surface area contributed by atoms with Crippen molar-refractivity contribution in [1.29, 1.82) is 0 Å². The second-order valence-corrected chi connectivity index (χ2v) is 4.82. The van der Waals surface area contributed by atoms with E-state index in [1.54, 1.807) is 17.8 Å². The first-order valence-electron chi connectivity index (χ1n) is 4.57. The van der Waals surface area contributed by atoms with Gasteiger partial charge in [0.05, 0.1) is 0 Å². The summed E-state index contributed by atoms with van der Waals surface area (Å²) in [5.74, 6) is 0. The zero-order valence-electron chi connectivity index (χ0n) is 8.14. The molecule has 15 heavy (non-hydrogen) atoms. The first kappa shape index (κ1) is 10.8. The molecule has 1 nitrogen and oxygen atoms in total. The van der Waals surface area contributed by atoms with Gasteiger partial charge in [-0.1, -0.05) is 6.07 Å². The normalized spacial score (nSPS) is 18.9. The predicted molar refractivity (Wildman–Crippen MR) is 53.7 cm³/mol. The van der Waals surface area contributed by atoms with Crippen LogP contribution in [0.4, 0.5) is 13.2 Å². The molecule has 0 unspecified atom stereocenters. The Morgan fingerprint density at radius 1 is 1.33 bits per heavy atom. The molecule has 2 rings (SSSR count). The van der Waals surface area contributed by atoms with E-state index in [1.165, 1.54) is 6.20 Å². The Morgan fingerprint density at radius 3 is 2.33 bits per heavy atom. The van der Waals surface area contributed by atoms with Crippen LogP contribution in [0.15, 0.2) is 18.3 Å². The van der Waals surface area contributed by atoms with Gasteiger partial charge in [0, 0.05) is 10.9 Å². The molecule has 1 aromatic rings. The third-order valence-electron chi connectivity index (χ3n) is 2.67. The van der Waals surface area contributed by atoms with E-state index in [4.69, 9.17) is 0 Å². The Kier molecular flexibility index (Phi) is 2.45. The zero-order valence-corrected chi connectivity index (χ0v) is 8.95. The fourth-order valence-corrected chi connectivity index (χ4v) is 2.42. The summed E-state index contributed by atoms with van der Waals surface area (Å²) in [7, 11) is 0. The van der Waals surface area contributed by atoms with Gasteiger partial charge in [-0.05, 0) is 30.7 Å². The third kappa shape index (κ3) is 1.97. The van der Waals surface area contributed by atoms with Crippen LogP contribution in [0.25, 0.3) is 0 Å². The van der Waals surface area contributed by atoms with E-state index in [0.717, 1.165) is 24.5 Å². The van der Waals surface area contributed by atoms with Crippen molar-refractivity contribution in [3.05, 3.63) is 29.6 Å². The molecule has 5 heteroatoms. The van der Waals surface area contributed by atoms with Gasteiger partial charge < -0.3 is 0 Å². The van der Waals surface area contributed by atoms with Gasteiger partial charge in [0.1, 0.15) is 5.69 Å². The number of thioether (sulfide) groups is 1. The molecule has 1 saturated carbocycles. The molecule has 0 atom stereocenters. The lowest BCUT2D eigenvalue weighted by atomic mass is 10.1. The number of pyridine rings is 1. The number of nitrogens with zero attached hydrogens (tertiary/aromatic N) is 1. The van der Waals surface area contributed by atoms with E-state index in [0.29, 0.717) is 0 Å². The molecule has 0 aromatic carbocycles. The fourth-order valence-electron chi connectivity index (χ4n) is 1.56. The molecule has 0 N–H and O–H groups in total. The molecule has 0 saturated heterocycles. The molecule has 1 heterocycles. The van der Waals surface area contributed by atoms with Crippen LogP contribution in [0.2, 0.25) is 0 Å². The number of rotatable bonds is 2. The van der Waals surface area contributed by atoms with Crippen molar-refractivity contribution >= 4 is 11.8 Å². The first-order chi connectivity index (χ1) is 6.98. The van der Waals surface area contributed by atoms with Crippen molar-refractivity contribution in [2.24, 2.45) is 0 Å². The van der Waals surface area contributed by atoms with Crippen molar-refractivity contribution in [3.8, 4) is 0 Å². The molecular formula is C10H10F3NS. The van der Waals surface area contributed by atoms with Crippen molar-refractivity contribution in [3.63, 3.8) is 0 Å². The van der Waals surface area contributed by atoms with Crippen LogP contribution in [0, 0.1) is 0 Å². The molecule has 0 bridgehead atoms. The summed E-state index contributed by atoms with van der Waals surface area (Å²) in [5, 5.41) is 0. The van der Waals surface area contributed by atoms with Crippen LogP contribution in [-0.2, 0) is 10.9 Å². The Hall–Kier alpha value is -0.710. The maximum Gasteiger partial charge on any atom is 0.433 e. The molecular weight excluding hydrogens is 223 g/mol. The Balaban J connectivity index is 2.25. The average Bonchev–Trinajstić information content (AvgIpc) is 2.97. The molecule has 1 aromatic heterocycles. The van der Waals surface area contributed by atoms with Crippen molar-refractivity contribution < 1.29 is 13.2 Å². The second kappa shape index (κ2) is 3.40. The highest BCUT2D eigenvalue weighted by Crippen LogP contribution is 2.55. The predicted octanol–water partition coefficient (Wildman–Crippen LogP) is 3.45. The molecule has 82 valence electrons. The molecule has 1 aliphatic carbocycles. The summed E-state index contributed by atoms with van der Waals surface area (Å²) >= 11 is 1.68. The molecule has 0 spiro atoms. The topological polar surface area (TPSA) is 12.9 Å². The number of aromatic nitrogens is 1. The smallest absolute Gasteiger partial charge is 0.251 e. The minimum absolute atomic E-state index is 0.0388. The van der Waals surface area contributed by atoms with Gasteiger partial charge in [-0.3, -0.25) is 4.98 Å². The van der Waals surface area contributed by atoms with Crippen LogP contribution in [0.3, 0.4) is 0 Å². The van der Waals surface area contributed by atoms with E-state index in [2.05, 4.69) is 4.98 Å². The SMILES string of the molecule is CSC1(c2ccc(C(F)(F)F)nc2)CC1. The zero-order chi connectivity index (χ0) is 11.1. The van der Waals surface area contributed by atoms with Gasteiger partial charge in [0.2, 0.25) is 0 Å². The number of halogens is 3. The standard InChI is InChI=1S/C10H10F3NS/c1-15-9(4-5-9)7-2-3-8(14-6-7)10(11,12)13/h2-3,6H,4-5H2,1H3. The lowest BCUT2D eigenvalue weighted by Gasteiger charge is -2.12. The summed E-state index contributed by atoms with van der Waals surface area (Å²) in [4.78, 5) is 3.47. The van der Waals surface area contributed by atoms with Gasteiger partial charge in [-0.2, -0.15) is 24.9 Å². The second-order valence-electron chi connectivity index (χ2n) is 3.63. The third-order valence-corrected chi connectivity index (χ3v) is 4.10. The van der Waals surface area contributed by atoms with Crippen molar-refractivity contribution in [2.75, 3.05) is 6.26 Å². The summed E-state index contributed by atoms with van der Waals surface area (Å²) in [6, 6.07) is 2.60. The molecule has 1 aliphatic rings. The lowest BCUT2D eigenvalue weighted by molar-refractivity contribution is -0.141. The average molecular weight is 233 g/mol. The quantitative estimate of drug-likeness (QED) is 0.776. The summed E-state index contributed by atoms with van der Waals surface area (Å²) in [5.41, 5.74) is 0.0890. The maximum absolute atomic E-state index is 12.2. The maximum atomic E-state index is 12.2. The first-order valence-corrected chi connectivity index (χ1v) is 5.79. The van der Waals surface area contributed by atoms with E-state index < -0.39 is 11.9 Å². The van der Waals surface area contributed by atoms with Gasteiger partial charge in [-0.25, -0.2) is 0 Å². The fraction of sp³-hybridized carbons (Fsp3) is 0.500. The van der Waals surface area contributed by atoms with Crippen LogP contribution in [0.5, 0.6) is 0 Å². The Labute approximate surface area is 90.1 Å². The van der Waals surface area contributed by atoms with Gasteiger partial charge in [0.25, 0.3) is 0 Å². The molecule has 1 fully saturated rings. The van der Waals surface area contributed by atoms with E-state index >= 15 is 0 Å². The van der Waals surface area contributed by atoms with E-state index in [-0.39, 0.29) is 4.75 Å². The lowest BCUT2D eigenvalue weighted by Crippen LogP contribution is -2.09. The summed E-state index contributed by atoms with van der Waals surface area (Å²) < 4.78 is 36.8. The Morgan fingerprint density at radius 2 is 2.00 bits per heavy atom. The molecule has 0 radical (unpaired) electrons. The number of hydrogen-bond acceptors (Lipinski definition) is 2. The van der Waals surface area contributed by atoms with Crippen LogP contribution in [0.1, 0.15) is 24.1 Å². The molecule has 0 aliphatic heterocycles. The highest BCUT2D eigenvalue weighted by atomic mass is 32.2. The van der Waals surface area contributed by atoms with Crippen molar-refractivity contribution in [2.45, 2.75) is 23.8 Å². The molecule has 0 amide bonds. The van der Waals surface area contributed by atoms with Crippen LogP contribution in [-0.4, -0.2) is 11.2 Å². The highest BCUT2D eigenvalue weighted by Gasteiger charge is 2.44. The summed E-state index contributed by atoms with van der Waals surface area (Å²) in [6.45, 7) is 0. The summed E-state index contributed by atoms with van der Waals surface area (Å²) in [6.07, 6.45) is 1.05. The van der Waals surface area contributed by atoms with Gasteiger partial charge in [-0.15, -0.1) is 0 Å².